The van der Waals surface area contributed by atoms with Crippen LogP contribution >= 0.6 is 11.6 Å². The number of aryl methyl sites for hydroxylation is 2. The number of aromatic nitrogens is 2. The van der Waals surface area contributed by atoms with Crippen molar-refractivity contribution in [3.05, 3.63) is 29.6 Å². The zero-order valence-corrected chi connectivity index (χ0v) is 12.7. The van der Waals surface area contributed by atoms with Gasteiger partial charge in [0.15, 0.2) is 0 Å². The van der Waals surface area contributed by atoms with Crippen LogP contribution in [-0.4, -0.2) is 22.8 Å². The van der Waals surface area contributed by atoms with Gasteiger partial charge in [0.1, 0.15) is 5.82 Å². The van der Waals surface area contributed by atoms with Gasteiger partial charge in [-0.15, -0.1) is 11.6 Å². The molecule has 4 heteroatoms. The van der Waals surface area contributed by atoms with Crippen molar-refractivity contribution < 1.29 is 4.74 Å². The van der Waals surface area contributed by atoms with E-state index in [2.05, 4.69) is 34.7 Å². The van der Waals surface area contributed by atoms with Crippen LogP contribution in [0.25, 0.3) is 11.0 Å². The van der Waals surface area contributed by atoms with E-state index in [4.69, 9.17) is 16.3 Å². The van der Waals surface area contributed by atoms with Crippen LogP contribution in [0.4, 0.5) is 0 Å². The quantitative estimate of drug-likeness (QED) is 0.572. The Labute approximate surface area is 124 Å². The highest BCUT2D eigenvalue weighted by atomic mass is 35.5. The molecule has 0 bridgehead atoms. The third kappa shape index (κ3) is 3.15. The SMILES string of the molecule is Cc1ccc2nc(CCl)n(CCCOCC3CC3)c2c1. The molecule has 0 atom stereocenters. The van der Waals surface area contributed by atoms with Crippen LogP contribution in [0.3, 0.4) is 0 Å². The number of nitrogens with zero attached hydrogens (tertiary/aromatic N) is 2. The van der Waals surface area contributed by atoms with E-state index in [1.54, 1.807) is 0 Å². The van der Waals surface area contributed by atoms with E-state index in [0.717, 1.165) is 43.4 Å². The number of halogens is 1. The van der Waals surface area contributed by atoms with E-state index in [0.29, 0.717) is 5.88 Å². The fourth-order valence-corrected chi connectivity index (χ4v) is 2.70. The number of hydrogen-bond donors (Lipinski definition) is 0. The lowest BCUT2D eigenvalue weighted by Crippen LogP contribution is -2.06. The summed E-state index contributed by atoms with van der Waals surface area (Å²) in [5, 5.41) is 0. The van der Waals surface area contributed by atoms with Gasteiger partial charge in [0, 0.05) is 19.8 Å². The molecule has 0 unspecified atom stereocenters. The molecule has 0 spiro atoms. The van der Waals surface area contributed by atoms with Gasteiger partial charge in [-0.05, 0) is 49.8 Å². The highest BCUT2D eigenvalue weighted by molar-refractivity contribution is 6.16. The first-order chi connectivity index (χ1) is 9.78. The van der Waals surface area contributed by atoms with Gasteiger partial charge < -0.3 is 9.30 Å². The molecule has 2 aromatic rings. The topological polar surface area (TPSA) is 27.1 Å². The van der Waals surface area contributed by atoms with Crippen LogP contribution in [-0.2, 0) is 17.2 Å². The van der Waals surface area contributed by atoms with Crippen molar-refractivity contribution in [3.8, 4) is 0 Å². The first kappa shape index (κ1) is 13.9. The first-order valence-corrected chi connectivity index (χ1v) is 7.91. The Bertz CT molecular complexity index is 589. The maximum atomic E-state index is 6.02. The smallest absolute Gasteiger partial charge is 0.124 e. The van der Waals surface area contributed by atoms with E-state index in [1.807, 2.05) is 0 Å². The lowest BCUT2D eigenvalue weighted by atomic mass is 10.2. The molecular formula is C16H21ClN2O. The number of fused-ring (bicyclic) bond motifs is 1. The van der Waals surface area contributed by atoms with Crippen LogP contribution in [0.15, 0.2) is 18.2 Å². The third-order valence-corrected chi connectivity index (χ3v) is 4.06. The van der Waals surface area contributed by atoms with Gasteiger partial charge in [-0.3, -0.25) is 0 Å². The van der Waals surface area contributed by atoms with Crippen LogP contribution in [0, 0.1) is 12.8 Å². The second-order valence-corrected chi connectivity index (χ2v) is 5.94. The van der Waals surface area contributed by atoms with E-state index >= 15 is 0 Å². The molecule has 1 aromatic heterocycles. The maximum Gasteiger partial charge on any atom is 0.124 e. The summed E-state index contributed by atoms with van der Waals surface area (Å²) in [7, 11) is 0. The summed E-state index contributed by atoms with van der Waals surface area (Å²) in [6.45, 7) is 4.79. The molecule has 0 N–H and O–H groups in total. The Balaban J connectivity index is 1.66. The number of ether oxygens (including phenoxy) is 1. The van der Waals surface area contributed by atoms with Crippen LogP contribution in [0.5, 0.6) is 0 Å². The zero-order valence-electron chi connectivity index (χ0n) is 11.9. The molecule has 1 aromatic carbocycles. The van der Waals surface area contributed by atoms with E-state index in [-0.39, 0.29) is 0 Å². The molecule has 3 nitrogen and oxygen atoms in total. The minimum absolute atomic E-state index is 0.455. The second kappa shape index (κ2) is 6.15. The maximum absolute atomic E-state index is 6.02. The van der Waals surface area contributed by atoms with E-state index in [1.165, 1.54) is 23.9 Å². The highest BCUT2D eigenvalue weighted by Crippen LogP contribution is 2.28. The van der Waals surface area contributed by atoms with Crippen molar-refractivity contribution in [1.82, 2.24) is 9.55 Å². The van der Waals surface area contributed by atoms with Crippen LogP contribution in [0.1, 0.15) is 30.7 Å². The van der Waals surface area contributed by atoms with Gasteiger partial charge in [0.25, 0.3) is 0 Å². The Morgan fingerprint density at radius 2 is 2.25 bits per heavy atom. The molecule has 0 aliphatic heterocycles. The number of benzene rings is 1. The van der Waals surface area contributed by atoms with Gasteiger partial charge in [-0.1, -0.05) is 6.07 Å². The number of imidazole rings is 1. The molecule has 20 heavy (non-hydrogen) atoms. The van der Waals surface area contributed by atoms with Crippen LogP contribution < -0.4 is 0 Å². The zero-order chi connectivity index (χ0) is 13.9. The minimum Gasteiger partial charge on any atom is -0.381 e. The Hall–Kier alpha value is -1.06. The summed E-state index contributed by atoms with van der Waals surface area (Å²) in [4.78, 5) is 4.60. The molecule has 108 valence electrons. The van der Waals surface area contributed by atoms with E-state index in [9.17, 15) is 0 Å². The molecule has 1 heterocycles. The van der Waals surface area contributed by atoms with Crippen molar-refractivity contribution >= 4 is 22.6 Å². The monoisotopic (exact) mass is 292 g/mol. The van der Waals surface area contributed by atoms with Crippen molar-refractivity contribution in [2.75, 3.05) is 13.2 Å². The fraction of sp³-hybridized carbons (Fsp3) is 0.562. The molecular weight excluding hydrogens is 272 g/mol. The first-order valence-electron chi connectivity index (χ1n) is 7.37. The molecule has 1 saturated carbocycles. The van der Waals surface area contributed by atoms with Crippen molar-refractivity contribution in [2.45, 2.75) is 38.6 Å². The largest absolute Gasteiger partial charge is 0.381 e. The summed E-state index contributed by atoms with van der Waals surface area (Å²) in [5.74, 6) is 2.25. The summed E-state index contributed by atoms with van der Waals surface area (Å²) < 4.78 is 7.93. The van der Waals surface area contributed by atoms with Crippen molar-refractivity contribution in [1.29, 1.82) is 0 Å². The van der Waals surface area contributed by atoms with Gasteiger partial charge in [-0.25, -0.2) is 4.98 Å². The molecule has 1 fully saturated rings. The molecule has 0 radical (unpaired) electrons. The van der Waals surface area contributed by atoms with Gasteiger partial charge in [0.2, 0.25) is 0 Å². The Kier molecular flexibility index (Phi) is 4.27. The molecule has 0 saturated heterocycles. The minimum atomic E-state index is 0.455. The van der Waals surface area contributed by atoms with E-state index < -0.39 is 0 Å². The van der Waals surface area contributed by atoms with Crippen molar-refractivity contribution in [3.63, 3.8) is 0 Å². The Morgan fingerprint density at radius 3 is 3.00 bits per heavy atom. The summed E-state index contributed by atoms with van der Waals surface area (Å²) >= 11 is 6.02. The van der Waals surface area contributed by atoms with Crippen LogP contribution in [0.2, 0.25) is 0 Å². The summed E-state index contributed by atoms with van der Waals surface area (Å²) in [6, 6.07) is 6.35. The van der Waals surface area contributed by atoms with Gasteiger partial charge in [-0.2, -0.15) is 0 Å². The predicted molar refractivity (Wildman–Crippen MR) is 82.2 cm³/mol. The fourth-order valence-electron chi connectivity index (χ4n) is 2.49. The molecule has 3 rings (SSSR count). The van der Waals surface area contributed by atoms with Gasteiger partial charge >= 0.3 is 0 Å². The average Bonchev–Trinajstić information content (AvgIpc) is 3.20. The molecule has 0 amide bonds. The van der Waals surface area contributed by atoms with Crippen molar-refractivity contribution in [2.24, 2.45) is 5.92 Å². The second-order valence-electron chi connectivity index (χ2n) is 5.68. The number of alkyl halides is 1. The third-order valence-electron chi connectivity index (χ3n) is 3.82. The average molecular weight is 293 g/mol. The number of rotatable bonds is 7. The molecule has 1 aliphatic carbocycles. The standard InChI is InChI=1S/C16H21ClN2O/c1-12-3-6-14-15(9-12)19(16(10-17)18-14)7-2-8-20-11-13-4-5-13/h3,6,9,13H,2,4-5,7-8,10-11H2,1H3. The summed E-state index contributed by atoms with van der Waals surface area (Å²) in [6.07, 6.45) is 3.71. The Morgan fingerprint density at radius 1 is 1.40 bits per heavy atom. The molecule has 1 aliphatic rings. The lowest BCUT2D eigenvalue weighted by molar-refractivity contribution is 0.119. The summed E-state index contributed by atoms with van der Waals surface area (Å²) in [5.41, 5.74) is 3.47. The number of hydrogen-bond acceptors (Lipinski definition) is 2. The predicted octanol–water partition coefficient (Wildman–Crippen LogP) is 3.90. The lowest BCUT2D eigenvalue weighted by Gasteiger charge is -2.08. The normalized spacial score (nSPS) is 15.1. The van der Waals surface area contributed by atoms with Gasteiger partial charge in [0.05, 0.1) is 16.9 Å². The highest BCUT2D eigenvalue weighted by Gasteiger charge is 2.20.